The summed E-state index contributed by atoms with van der Waals surface area (Å²) in [5.41, 5.74) is 1.01. The number of nitriles is 2. The molecule has 7 unspecified atom stereocenters. The summed E-state index contributed by atoms with van der Waals surface area (Å²) in [6.45, 7) is 14.9. The summed E-state index contributed by atoms with van der Waals surface area (Å²) in [7, 11) is -2.40. The quantitative estimate of drug-likeness (QED) is 0.219. The van der Waals surface area contributed by atoms with Gasteiger partial charge in [0.15, 0.2) is 0 Å². The van der Waals surface area contributed by atoms with Crippen molar-refractivity contribution >= 4 is 7.14 Å². The second-order valence-electron chi connectivity index (χ2n) is 13.9. The molecule has 5 saturated carbocycles. The molecular formula is C34H49N4O3P. The van der Waals surface area contributed by atoms with Crippen LogP contribution in [-0.4, -0.2) is 53.5 Å². The van der Waals surface area contributed by atoms with E-state index in [0.29, 0.717) is 29.8 Å². The van der Waals surface area contributed by atoms with Crippen molar-refractivity contribution in [3.8, 4) is 12.1 Å². The van der Waals surface area contributed by atoms with Crippen LogP contribution in [0, 0.1) is 47.6 Å². The molecule has 0 aromatic rings. The van der Waals surface area contributed by atoms with Gasteiger partial charge in [0, 0.05) is 23.4 Å². The van der Waals surface area contributed by atoms with Crippen LogP contribution in [0.25, 0.3) is 9.69 Å². The molecule has 5 fully saturated rings. The first-order valence-corrected chi connectivity index (χ1v) is 18.8. The standard InChI is InChI=1S/C34H49N4O3P/c1-37-33-19-14-29(21-34(33)38-2)41-27-12-17-32(18-13-27)42(39,30-6-4-3-5-7-30)31-15-10-26(11-16-31)40-28-9-8-24(22-35)25(20-28)23-36/h24-34H,3-21H2. The lowest BCUT2D eigenvalue weighted by Crippen LogP contribution is -2.39. The maximum absolute atomic E-state index is 15.4. The smallest absolute Gasteiger partial charge is 0.299 e. The van der Waals surface area contributed by atoms with E-state index in [1.165, 1.54) is 19.3 Å². The Kier molecular flexibility index (Phi) is 11.1. The minimum atomic E-state index is -2.40. The van der Waals surface area contributed by atoms with Gasteiger partial charge >= 0.3 is 0 Å². The third-order valence-corrected chi connectivity index (χ3v) is 16.5. The Labute approximate surface area is 253 Å². The summed E-state index contributed by atoms with van der Waals surface area (Å²) in [5.74, 6) is -0.388. The summed E-state index contributed by atoms with van der Waals surface area (Å²) in [4.78, 5) is 7.40. The molecule has 0 saturated heterocycles. The molecule has 42 heavy (non-hydrogen) atoms. The van der Waals surface area contributed by atoms with Crippen LogP contribution >= 0.6 is 7.14 Å². The third-order valence-electron chi connectivity index (χ3n) is 11.5. The minimum Gasteiger partial charge on any atom is -0.375 e. The number of ether oxygens (including phenoxy) is 2. The van der Waals surface area contributed by atoms with Crippen LogP contribution in [0.3, 0.4) is 0 Å². The summed E-state index contributed by atoms with van der Waals surface area (Å²) < 4.78 is 28.4. The molecule has 0 aromatic carbocycles. The van der Waals surface area contributed by atoms with Crippen LogP contribution in [0.2, 0.25) is 0 Å². The van der Waals surface area contributed by atoms with E-state index >= 15 is 4.57 Å². The van der Waals surface area contributed by atoms with Gasteiger partial charge in [0.25, 0.3) is 12.1 Å². The predicted molar refractivity (Wildman–Crippen MR) is 163 cm³/mol. The van der Waals surface area contributed by atoms with E-state index in [1.54, 1.807) is 0 Å². The van der Waals surface area contributed by atoms with E-state index < -0.39 is 7.14 Å². The monoisotopic (exact) mass is 592 g/mol. The van der Waals surface area contributed by atoms with Gasteiger partial charge in [0.05, 0.1) is 62.0 Å². The molecule has 228 valence electrons. The largest absolute Gasteiger partial charge is 0.375 e. The fourth-order valence-electron chi connectivity index (χ4n) is 9.15. The highest BCUT2D eigenvalue weighted by Crippen LogP contribution is 2.68. The zero-order valence-electron chi connectivity index (χ0n) is 25.2. The maximum atomic E-state index is 15.4. The molecule has 0 radical (unpaired) electrons. The Hall–Kier alpha value is -1.89. The van der Waals surface area contributed by atoms with Crippen molar-refractivity contribution in [2.24, 2.45) is 11.8 Å². The fraction of sp³-hybridized carbons (Fsp3) is 0.882. The average molecular weight is 593 g/mol. The van der Waals surface area contributed by atoms with Crippen molar-refractivity contribution < 1.29 is 14.0 Å². The first-order valence-electron chi connectivity index (χ1n) is 16.9. The van der Waals surface area contributed by atoms with Crippen LogP contribution < -0.4 is 0 Å². The van der Waals surface area contributed by atoms with Crippen molar-refractivity contribution in [2.45, 2.75) is 175 Å². The van der Waals surface area contributed by atoms with Crippen molar-refractivity contribution in [1.29, 1.82) is 10.5 Å². The average Bonchev–Trinajstić information content (AvgIpc) is 3.05. The van der Waals surface area contributed by atoms with Crippen molar-refractivity contribution in [3.63, 3.8) is 0 Å². The van der Waals surface area contributed by atoms with E-state index in [2.05, 4.69) is 21.8 Å². The van der Waals surface area contributed by atoms with Gasteiger partial charge in [-0.2, -0.15) is 10.5 Å². The topological polar surface area (TPSA) is 91.8 Å². The Morgan fingerprint density at radius 1 is 0.548 bits per heavy atom. The molecule has 8 heteroatoms. The van der Waals surface area contributed by atoms with E-state index in [4.69, 9.17) is 22.6 Å². The van der Waals surface area contributed by atoms with E-state index in [1.807, 2.05) is 0 Å². The third kappa shape index (κ3) is 7.08. The lowest BCUT2D eigenvalue weighted by atomic mass is 9.79. The molecule has 0 bridgehead atoms. The SMILES string of the molecule is [C-]#[N+]C1CCC(OC2CCC(P(=O)(C3CCCCC3)C3CCC(OC4CCC(C#N)C(C#N)C4)CC3)CC2)CC1[N+]#[C-]. The lowest BCUT2D eigenvalue weighted by molar-refractivity contribution is -0.0543. The molecule has 5 rings (SSSR count). The van der Waals surface area contributed by atoms with Gasteiger partial charge in [-0.1, -0.05) is 19.3 Å². The maximum Gasteiger partial charge on any atom is 0.299 e. The first kappa shape index (κ1) is 31.5. The zero-order chi connectivity index (χ0) is 29.5. The van der Waals surface area contributed by atoms with Gasteiger partial charge in [-0.05, 0) is 89.9 Å². The summed E-state index contributed by atoms with van der Waals surface area (Å²) >= 11 is 0. The molecule has 0 N–H and O–H groups in total. The second-order valence-corrected chi connectivity index (χ2v) is 17.6. The molecule has 0 aliphatic heterocycles. The number of hydrogen-bond donors (Lipinski definition) is 0. The fourth-order valence-corrected chi connectivity index (χ4v) is 14.3. The lowest BCUT2D eigenvalue weighted by Gasteiger charge is -2.46. The molecule has 0 aromatic heterocycles. The summed E-state index contributed by atoms with van der Waals surface area (Å²) in [5, 5.41) is 18.9. The molecule has 5 aliphatic rings. The normalized spacial score (nSPS) is 41.2. The number of rotatable bonds is 7. The van der Waals surface area contributed by atoms with Gasteiger partial charge in [-0.25, -0.2) is 13.1 Å². The predicted octanol–water partition coefficient (Wildman–Crippen LogP) is 8.30. The number of hydrogen-bond acceptors (Lipinski definition) is 5. The number of nitrogens with zero attached hydrogens (tertiary/aromatic N) is 4. The molecule has 0 spiro atoms. The first-order chi connectivity index (χ1) is 20.5. The molecule has 5 aliphatic carbocycles. The molecule has 7 atom stereocenters. The van der Waals surface area contributed by atoms with Gasteiger partial charge in [0.1, 0.15) is 0 Å². The van der Waals surface area contributed by atoms with E-state index in [-0.39, 0.29) is 48.3 Å². The summed E-state index contributed by atoms with van der Waals surface area (Å²) in [6, 6.07) is 4.24. The Morgan fingerprint density at radius 2 is 1.02 bits per heavy atom. The van der Waals surface area contributed by atoms with E-state index in [0.717, 1.165) is 89.9 Å². The van der Waals surface area contributed by atoms with Crippen LogP contribution in [0.5, 0.6) is 0 Å². The summed E-state index contributed by atoms with van der Waals surface area (Å²) in [6.07, 6.45) is 18.9. The molecular weight excluding hydrogens is 543 g/mol. The van der Waals surface area contributed by atoms with Crippen molar-refractivity contribution in [2.75, 3.05) is 0 Å². The van der Waals surface area contributed by atoms with Crippen LogP contribution in [0.4, 0.5) is 0 Å². The highest BCUT2D eigenvalue weighted by molar-refractivity contribution is 7.66. The van der Waals surface area contributed by atoms with Gasteiger partial charge in [-0.15, -0.1) is 0 Å². The molecule has 7 nitrogen and oxygen atoms in total. The van der Waals surface area contributed by atoms with Crippen LogP contribution in [-0.2, 0) is 14.0 Å². The molecule has 0 amide bonds. The highest BCUT2D eigenvalue weighted by Gasteiger charge is 2.49. The Bertz CT molecular complexity index is 1040. The molecule has 0 heterocycles. The van der Waals surface area contributed by atoms with Gasteiger partial charge in [0.2, 0.25) is 0 Å². The Balaban J connectivity index is 1.16. The van der Waals surface area contributed by atoms with Crippen LogP contribution in [0.1, 0.15) is 122 Å². The zero-order valence-corrected chi connectivity index (χ0v) is 26.1. The Morgan fingerprint density at radius 3 is 1.55 bits per heavy atom. The van der Waals surface area contributed by atoms with Crippen molar-refractivity contribution in [1.82, 2.24) is 0 Å². The van der Waals surface area contributed by atoms with Gasteiger partial charge < -0.3 is 23.7 Å². The minimum absolute atomic E-state index is 0.0720. The van der Waals surface area contributed by atoms with Crippen molar-refractivity contribution in [3.05, 3.63) is 22.8 Å². The second kappa shape index (κ2) is 14.7. The van der Waals surface area contributed by atoms with E-state index in [9.17, 15) is 10.5 Å². The highest BCUT2D eigenvalue weighted by atomic mass is 31.2. The van der Waals surface area contributed by atoms with Crippen LogP contribution in [0.15, 0.2) is 0 Å². The van der Waals surface area contributed by atoms with Gasteiger partial charge in [-0.3, -0.25) is 0 Å².